The van der Waals surface area contributed by atoms with Crippen LogP contribution in [-0.4, -0.2) is 35.4 Å². The second-order valence-electron chi connectivity index (χ2n) is 7.72. The normalized spacial score (nSPS) is 11.8. The zero-order chi connectivity index (χ0) is 22.3. The lowest BCUT2D eigenvalue weighted by molar-refractivity contribution is -0.143. The number of rotatable bonds is 9. The summed E-state index contributed by atoms with van der Waals surface area (Å²) in [5.74, 6) is -0.218. The lowest BCUT2D eigenvalue weighted by Crippen LogP contribution is -2.51. The van der Waals surface area contributed by atoms with Crippen LogP contribution in [0.3, 0.4) is 0 Å². The van der Waals surface area contributed by atoms with Gasteiger partial charge < -0.3 is 15.0 Å². The van der Waals surface area contributed by atoms with Crippen LogP contribution in [0.25, 0.3) is 0 Å². The molecule has 0 aliphatic heterocycles. The van der Waals surface area contributed by atoms with E-state index in [-0.39, 0.29) is 36.8 Å². The van der Waals surface area contributed by atoms with Gasteiger partial charge in [-0.05, 0) is 69.0 Å². The van der Waals surface area contributed by atoms with Crippen LogP contribution >= 0.6 is 0 Å². The van der Waals surface area contributed by atoms with Gasteiger partial charge in [-0.25, -0.2) is 4.39 Å². The van der Waals surface area contributed by atoms with Crippen molar-refractivity contribution in [3.63, 3.8) is 0 Å². The SMILES string of the molecule is CC[C@H](C(=O)NC(C)C)N(Cc1ccc(F)cc1)C(=O)COc1cccc(C)c1C. The van der Waals surface area contributed by atoms with Gasteiger partial charge in [-0.1, -0.05) is 31.2 Å². The molecular weight excluding hydrogens is 383 g/mol. The van der Waals surface area contributed by atoms with Crippen molar-refractivity contribution < 1.29 is 18.7 Å². The smallest absolute Gasteiger partial charge is 0.261 e. The van der Waals surface area contributed by atoms with E-state index >= 15 is 0 Å². The lowest BCUT2D eigenvalue weighted by atomic mass is 10.1. The summed E-state index contributed by atoms with van der Waals surface area (Å²) >= 11 is 0. The molecule has 0 aliphatic rings. The maximum atomic E-state index is 13.3. The largest absolute Gasteiger partial charge is 0.483 e. The number of amides is 2. The molecule has 0 spiro atoms. The summed E-state index contributed by atoms with van der Waals surface area (Å²) < 4.78 is 19.1. The fourth-order valence-corrected chi connectivity index (χ4v) is 3.19. The van der Waals surface area contributed by atoms with Crippen LogP contribution in [0.4, 0.5) is 4.39 Å². The molecule has 6 heteroatoms. The van der Waals surface area contributed by atoms with Crippen LogP contribution in [0.5, 0.6) is 5.75 Å². The topological polar surface area (TPSA) is 58.6 Å². The molecule has 5 nitrogen and oxygen atoms in total. The second-order valence-corrected chi connectivity index (χ2v) is 7.72. The number of nitrogens with zero attached hydrogens (tertiary/aromatic N) is 1. The second kappa shape index (κ2) is 10.8. The van der Waals surface area contributed by atoms with Crippen molar-refractivity contribution in [2.24, 2.45) is 0 Å². The molecule has 0 heterocycles. The Morgan fingerprint density at radius 1 is 1.10 bits per heavy atom. The first kappa shape index (κ1) is 23.4. The van der Waals surface area contributed by atoms with Crippen LogP contribution in [0.1, 0.15) is 43.9 Å². The monoisotopic (exact) mass is 414 g/mol. The minimum Gasteiger partial charge on any atom is -0.483 e. The predicted molar refractivity (Wildman–Crippen MR) is 116 cm³/mol. The summed E-state index contributed by atoms with van der Waals surface area (Å²) in [5, 5.41) is 2.88. The number of aryl methyl sites for hydroxylation is 1. The summed E-state index contributed by atoms with van der Waals surface area (Å²) in [7, 11) is 0. The fraction of sp³-hybridized carbons (Fsp3) is 0.417. The van der Waals surface area contributed by atoms with Crippen molar-refractivity contribution in [1.82, 2.24) is 10.2 Å². The summed E-state index contributed by atoms with van der Waals surface area (Å²) in [6.45, 7) is 9.54. The first-order valence-corrected chi connectivity index (χ1v) is 10.3. The molecule has 0 aromatic heterocycles. The molecule has 0 fully saturated rings. The highest BCUT2D eigenvalue weighted by Crippen LogP contribution is 2.21. The molecule has 2 rings (SSSR count). The Morgan fingerprint density at radius 2 is 1.77 bits per heavy atom. The Labute approximate surface area is 178 Å². The van der Waals surface area contributed by atoms with Crippen LogP contribution in [-0.2, 0) is 16.1 Å². The molecule has 0 saturated heterocycles. The molecular formula is C24H31FN2O3. The molecule has 0 bridgehead atoms. The highest BCUT2D eigenvalue weighted by atomic mass is 19.1. The molecule has 0 unspecified atom stereocenters. The van der Waals surface area contributed by atoms with Gasteiger partial charge in [0.05, 0.1) is 0 Å². The highest BCUT2D eigenvalue weighted by Gasteiger charge is 2.29. The fourth-order valence-electron chi connectivity index (χ4n) is 3.19. The van der Waals surface area contributed by atoms with Crippen molar-refractivity contribution >= 4 is 11.8 Å². The highest BCUT2D eigenvalue weighted by molar-refractivity contribution is 5.88. The Kier molecular flexibility index (Phi) is 8.39. The molecule has 30 heavy (non-hydrogen) atoms. The molecule has 2 aromatic rings. The third-order valence-electron chi connectivity index (χ3n) is 4.99. The zero-order valence-corrected chi connectivity index (χ0v) is 18.4. The van der Waals surface area contributed by atoms with Crippen molar-refractivity contribution in [3.8, 4) is 5.75 Å². The van der Waals surface area contributed by atoms with Crippen molar-refractivity contribution in [2.45, 2.75) is 59.7 Å². The van der Waals surface area contributed by atoms with Gasteiger partial charge in [-0.15, -0.1) is 0 Å². The number of carbonyl (C=O) groups excluding carboxylic acids is 2. The maximum Gasteiger partial charge on any atom is 0.261 e. The summed E-state index contributed by atoms with van der Waals surface area (Å²) in [6, 6.07) is 10.9. The molecule has 0 aliphatic carbocycles. The van der Waals surface area contributed by atoms with Gasteiger partial charge in [-0.2, -0.15) is 0 Å². The predicted octanol–water partition coefficient (Wildman–Crippen LogP) is 4.15. The maximum absolute atomic E-state index is 13.3. The Morgan fingerprint density at radius 3 is 2.37 bits per heavy atom. The third-order valence-corrected chi connectivity index (χ3v) is 4.99. The van der Waals surface area contributed by atoms with Crippen molar-refractivity contribution in [3.05, 3.63) is 65.0 Å². The van der Waals surface area contributed by atoms with E-state index < -0.39 is 6.04 Å². The van der Waals surface area contributed by atoms with E-state index in [9.17, 15) is 14.0 Å². The number of nitrogens with one attached hydrogen (secondary N) is 1. The van der Waals surface area contributed by atoms with Crippen LogP contribution < -0.4 is 10.1 Å². The van der Waals surface area contributed by atoms with Crippen molar-refractivity contribution in [1.29, 1.82) is 0 Å². The third kappa shape index (κ3) is 6.31. The molecule has 1 atom stereocenters. The summed E-state index contributed by atoms with van der Waals surface area (Å²) in [5.41, 5.74) is 2.79. The first-order valence-electron chi connectivity index (χ1n) is 10.3. The minimum atomic E-state index is -0.646. The van der Waals surface area contributed by atoms with Gasteiger partial charge >= 0.3 is 0 Å². The number of benzene rings is 2. The number of hydrogen-bond acceptors (Lipinski definition) is 3. The van der Waals surface area contributed by atoms with Gasteiger partial charge in [0.1, 0.15) is 17.6 Å². The molecule has 2 amide bonds. The van der Waals surface area contributed by atoms with Gasteiger partial charge in [0.15, 0.2) is 6.61 Å². The van der Waals surface area contributed by atoms with E-state index in [0.717, 1.165) is 16.7 Å². The zero-order valence-electron chi connectivity index (χ0n) is 18.4. The van der Waals surface area contributed by atoms with E-state index in [4.69, 9.17) is 4.74 Å². The molecule has 162 valence electrons. The first-order chi connectivity index (χ1) is 14.2. The van der Waals surface area contributed by atoms with Gasteiger partial charge in [0.25, 0.3) is 5.91 Å². The number of halogens is 1. The summed E-state index contributed by atoms with van der Waals surface area (Å²) in [4.78, 5) is 27.4. The average Bonchev–Trinajstić information content (AvgIpc) is 2.69. The number of ether oxygens (including phenoxy) is 1. The number of carbonyl (C=O) groups is 2. The Bertz CT molecular complexity index is 865. The average molecular weight is 415 g/mol. The Balaban J connectivity index is 2.23. The minimum absolute atomic E-state index is 0.0412. The van der Waals surface area contributed by atoms with Gasteiger partial charge in [-0.3, -0.25) is 9.59 Å². The Hall–Kier alpha value is -2.89. The van der Waals surface area contributed by atoms with Crippen molar-refractivity contribution in [2.75, 3.05) is 6.61 Å². The van der Waals surface area contributed by atoms with Gasteiger partial charge in [0.2, 0.25) is 5.91 Å². The molecule has 2 aromatic carbocycles. The number of hydrogen-bond donors (Lipinski definition) is 1. The standard InChI is InChI=1S/C24H31FN2O3/c1-6-21(24(29)26-16(2)3)27(14-19-10-12-20(25)13-11-19)23(28)15-30-22-9-7-8-17(4)18(22)5/h7-13,16,21H,6,14-15H2,1-5H3,(H,26,29)/t21-/m1/s1. The summed E-state index contributed by atoms with van der Waals surface area (Å²) in [6.07, 6.45) is 0.453. The lowest BCUT2D eigenvalue weighted by Gasteiger charge is -2.31. The van der Waals surface area contributed by atoms with Crippen LogP contribution in [0.15, 0.2) is 42.5 Å². The van der Waals surface area contributed by atoms with Gasteiger partial charge in [0, 0.05) is 12.6 Å². The van der Waals surface area contributed by atoms with E-state index in [1.807, 2.05) is 52.8 Å². The van der Waals surface area contributed by atoms with Crippen LogP contribution in [0, 0.1) is 19.7 Å². The van der Waals surface area contributed by atoms with E-state index in [0.29, 0.717) is 12.2 Å². The molecule has 1 N–H and O–H groups in total. The molecule has 0 radical (unpaired) electrons. The quantitative estimate of drug-likeness (QED) is 0.671. The molecule has 0 saturated carbocycles. The van der Waals surface area contributed by atoms with Crippen LogP contribution in [0.2, 0.25) is 0 Å². The van der Waals surface area contributed by atoms with E-state index in [1.54, 1.807) is 12.1 Å². The van der Waals surface area contributed by atoms with E-state index in [1.165, 1.54) is 17.0 Å². The van der Waals surface area contributed by atoms with E-state index in [2.05, 4.69) is 5.32 Å².